The number of hydrogen-bond acceptors (Lipinski definition) is 3. The second-order valence-electron chi connectivity index (χ2n) is 5.11. The Morgan fingerprint density at radius 2 is 2.05 bits per heavy atom. The number of ether oxygens (including phenoxy) is 1. The van der Waals surface area contributed by atoms with E-state index in [0.29, 0.717) is 6.61 Å². The zero-order valence-corrected chi connectivity index (χ0v) is 11.7. The molecule has 0 atom stereocenters. The first-order valence-corrected chi connectivity index (χ1v) is 6.94. The van der Waals surface area contributed by atoms with Crippen LogP contribution in [0.15, 0.2) is 36.5 Å². The number of aromatic nitrogens is 1. The van der Waals surface area contributed by atoms with Crippen molar-refractivity contribution in [2.75, 3.05) is 19.7 Å². The van der Waals surface area contributed by atoms with Crippen LogP contribution in [0.5, 0.6) is 5.75 Å². The Morgan fingerprint density at radius 1 is 1.16 bits per heavy atom. The summed E-state index contributed by atoms with van der Waals surface area (Å²) < 4.78 is 5.82. The van der Waals surface area contributed by atoms with Crippen molar-refractivity contribution in [1.82, 2.24) is 10.3 Å². The molecule has 0 unspecified atom stereocenters. The highest BCUT2D eigenvalue weighted by Gasteiger charge is 2.01. The van der Waals surface area contributed by atoms with Gasteiger partial charge in [0.05, 0.1) is 5.52 Å². The fraction of sp³-hybridized carbons (Fsp3) is 0.438. The maximum atomic E-state index is 5.82. The second-order valence-corrected chi connectivity index (χ2v) is 5.11. The molecule has 0 amide bonds. The molecule has 3 heteroatoms. The molecule has 0 aliphatic carbocycles. The molecular weight excluding hydrogens is 236 g/mol. The third-order valence-corrected chi connectivity index (χ3v) is 3.04. The summed E-state index contributed by atoms with van der Waals surface area (Å²) >= 11 is 0. The molecule has 1 aromatic carbocycles. The highest BCUT2D eigenvalue weighted by atomic mass is 16.5. The lowest BCUT2D eigenvalue weighted by atomic mass is 10.1. The number of benzene rings is 1. The summed E-state index contributed by atoms with van der Waals surface area (Å²) in [5.74, 6) is 1.66. The number of nitrogens with zero attached hydrogens (tertiary/aromatic N) is 1. The van der Waals surface area contributed by atoms with Gasteiger partial charge in [0.15, 0.2) is 0 Å². The molecule has 0 radical (unpaired) electrons. The topological polar surface area (TPSA) is 34.1 Å². The predicted octanol–water partition coefficient (Wildman–Crippen LogP) is 3.25. The van der Waals surface area contributed by atoms with E-state index in [4.69, 9.17) is 4.74 Å². The minimum absolute atomic E-state index is 0.687. The van der Waals surface area contributed by atoms with Crippen molar-refractivity contribution in [3.8, 4) is 5.75 Å². The lowest BCUT2D eigenvalue weighted by Crippen LogP contribution is -2.23. The van der Waals surface area contributed by atoms with E-state index in [9.17, 15) is 0 Å². The number of hydrogen-bond donors (Lipinski definition) is 1. The fourth-order valence-corrected chi connectivity index (χ4v) is 1.95. The molecule has 0 aliphatic heterocycles. The summed E-state index contributed by atoms with van der Waals surface area (Å²) in [7, 11) is 0. The standard InChI is InChI=1S/C16H22N2O/c1-13(2)8-10-17-11-12-19-16-7-3-6-15-14(16)5-4-9-18-15/h3-7,9,13,17H,8,10-12H2,1-2H3. The van der Waals surface area contributed by atoms with Gasteiger partial charge >= 0.3 is 0 Å². The van der Waals surface area contributed by atoms with Crippen molar-refractivity contribution in [2.45, 2.75) is 20.3 Å². The Hall–Kier alpha value is -1.61. The van der Waals surface area contributed by atoms with Gasteiger partial charge in [-0.25, -0.2) is 0 Å². The molecule has 102 valence electrons. The van der Waals surface area contributed by atoms with Crippen molar-refractivity contribution in [1.29, 1.82) is 0 Å². The summed E-state index contributed by atoms with van der Waals surface area (Å²) in [6.45, 7) is 7.09. The van der Waals surface area contributed by atoms with Gasteiger partial charge in [-0.2, -0.15) is 0 Å². The van der Waals surface area contributed by atoms with Crippen molar-refractivity contribution in [3.63, 3.8) is 0 Å². The van der Waals surface area contributed by atoms with Gasteiger partial charge in [0.2, 0.25) is 0 Å². The first-order chi connectivity index (χ1) is 9.27. The molecule has 0 aliphatic rings. The average molecular weight is 258 g/mol. The number of rotatable bonds is 7. The van der Waals surface area contributed by atoms with E-state index in [0.717, 1.165) is 35.7 Å². The molecule has 19 heavy (non-hydrogen) atoms. The second kappa shape index (κ2) is 7.10. The molecule has 1 N–H and O–H groups in total. The van der Waals surface area contributed by atoms with Crippen LogP contribution >= 0.6 is 0 Å². The third kappa shape index (κ3) is 4.21. The normalized spacial score (nSPS) is 11.1. The van der Waals surface area contributed by atoms with E-state index < -0.39 is 0 Å². The van der Waals surface area contributed by atoms with Gasteiger partial charge in [-0.3, -0.25) is 4.98 Å². The van der Waals surface area contributed by atoms with Gasteiger partial charge in [-0.15, -0.1) is 0 Å². The predicted molar refractivity (Wildman–Crippen MR) is 79.6 cm³/mol. The fourth-order valence-electron chi connectivity index (χ4n) is 1.95. The van der Waals surface area contributed by atoms with Crippen LogP contribution in [0.3, 0.4) is 0 Å². The smallest absolute Gasteiger partial charge is 0.128 e. The Labute approximate surface area is 115 Å². The molecule has 0 spiro atoms. The van der Waals surface area contributed by atoms with Crippen LogP contribution in [0.25, 0.3) is 10.9 Å². The van der Waals surface area contributed by atoms with Gasteiger partial charge in [0, 0.05) is 18.1 Å². The van der Waals surface area contributed by atoms with E-state index in [2.05, 4.69) is 24.1 Å². The molecule has 0 saturated heterocycles. The minimum atomic E-state index is 0.687. The molecule has 3 nitrogen and oxygen atoms in total. The minimum Gasteiger partial charge on any atom is -0.492 e. The first kappa shape index (κ1) is 13.8. The highest BCUT2D eigenvalue weighted by molar-refractivity contribution is 5.84. The first-order valence-electron chi connectivity index (χ1n) is 6.94. The van der Waals surface area contributed by atoms with Crippen LogP contribution in [0.1, 0.15) is 20.3 Å². The number of pyridine rings is 1. The largest absolute Gasteiger partial charge is 0.492 e. The van der Waals surface area contributed by atoms with Crippen molar-refractivity contribution < 1.29 is 4.74 Å². The van der Waals surface area contributed by atoms with Crippen LogP contribution in [0.2, 0.25) is 0 Å². The number of fused-ring (bicyclic) bond motifs is 1. The lowest BCUT2D eigenvalue weighted by molar-refractivity contribution is 0.316. The van der Waals surface area contributed by atoms with Crippen LogP contribution in [-0.4, -0.2) is 24.7 Å². The molecule has 0 saturated carbocycles. The van der Waals surface area contributed by atoms with E-state index in [1.807, 2.05) is 30.3 Å². The zero-order valence-electron chi connectivity index (χ0n) is 11.7. The quantitative estimate of drug-likeness (QED) is 0.774. The average Bonchev–Trinajstić information content (AvgIpc) is 2.42. The molecule has 0 bridgehead atoms. The maximum Gasteiger partial charge on any atom is 0.128 e. The summed E-state index contributed by atoms with van der Waals surface area (Å²) in [5.41, 5.74) is 0.979. The van der Waals surface area contributed by atoms with Crippen molar-refractivity contribution in [3.05, 3.63) is 36.5 Å². The monoisotopic (exact) mass is 258 g/mol. The molecule has 0 fully saturated rings. The van der Waals surface area contributed by atoms with E-state index in [-0.39, 0.29) is 0 Å². The van der Waals surface area contributed by atoms with Crippen LogP contribution in [-0.2, 0) is 0 Å². The summed E-state index contributed by atoms with van der Waals surface area (Å²) in [6.07, 6.45) is 3.01. The molecule has 2 rings (SSSR count). The van der Waals surface area contributed by atoms with Gasteiger partial charge in [-0.1, -0.05) is 19.9 Å². The maximum absolute atomic E-state index is 5.82. The zero-order chi connectivity index (χ0) is 13.5. The van der Waals surface area contributed by atoms with E-state index in [1.165, 1.54) is 6.42 Å². The van der Waals surface area contributed by atoms with Gasteiger partial charge < -0.3 is 10.1 Å². The summed E-state index contributed by atoms with van der Waals surface area (Å²) in [4.78, 5) is 4.32. The third-order valence-electron chi connectivity index (χ3n) is 3.04. The van der Waals surface area contributed by atoms with Gasteiger partial charge in [-0.05, 0) is 43.1 Å². The van der Waals surface area contributed by atoms with Crippen molar-refractivity contribution in [2.24, 2.45) is 5.92 Å². The highest BCUT2D eigenvalue weighted by Crippen LogP contribution is 2.23. The van der Waals surface area contributed by atoms with Crippen LogP contribution in [0.4, 0.5) is 0 Å². The van der Waals surface area contributed by atoms with Crippen LogP contribution in [0, 0.1) is 5.92 Å². The van der Waals surface area contributed by atoms with Gasteiger partial charge in [0.1, 0.15) is 12.4 Å². The molecule has 2 aromatic rings. The Bertz CT molecular complexity index is 506. The summed E-state index contributed by atoms with van der Waals surface area (Å²) in [5, 5.41) is 4.47. The SMILES string of the molecule is CC(C)CCNCCOc1cccc2ncccc12. The van der Waals surface area contributed by atoms with Gasteiger partial charge in [0.25, 0.3) is 0 Å². The molecule has 1 heterocycles. The Morgan fingerprint density at radius 3 is 2.89 bits per heavy atom. The van der Waals surface area contributed by atoms with E-state index in [1.54, 1.807) is 6.20 Å². The van der Waals surface area contributed by atoms with Crippen molar-refractivity contribution >= 4 is 10.9 Å². The Balaban J connectivity index is 1.82. The van der Waals surface area contributed by atoms with Crippen LogP contribution < -0.4 is 10.1 Å². The molecule has 1 aromatic heterocycles. The van der Waals surface area contributed by atoms with E-state index >= 15 is 0 Å². The lowest BCUT2D eigenvalue weighted by Gasteiger charge is -2.10. The number of nitrogens with one attached hydrogen (secondary N) is 1. The Kier molecular flexibility index (Phi) is 5.16. The molecular formula is C16H22N2O. The summed E-state index contributed by atoms with van der Waals surface area (Å²) in [6, 6.07) is 9.97.